The second-order valence-electron chi connectivity index (χ2n) is 4.00. The molecule has 3 unspecified atom stereocenters. The van der Waals surface area contributed by atoms with Crippen LogP contribution >= 0.6 is 0 Å². The number of carboxylic acids is 1. The van der Waals surface area contributed by atoms with Crippen LogP contribution in [0.4, 0.5) is 0 Å². The number of carbonyl (C=O) groups is 1. The van der Waals surface area contributed by atoms with Gasteiger partial charge in [0.05, 0.1) is 0 Å². The monoisotopic (exact) mass is 186 g/mol. The van der Waals surface area contributed by atoms with Crippen LogP contribution in [0.2, 0.25) is 0 Å². The zero-order valence-corrected chi connectivity index (χ0v) is 8.23. The SMILES string of the molecule is CC1CN(C(CN)C(=O)O)CC1C. The lowest BCUT2D eigenvalue weighted by Crippen LogP contribution is -2.45. The highest BCUT2D eigenvalue weighted by Gasteiger charge is 2.33. The highest BCUT2D eigenvalue weighted by Crippen LogP contribution is 2.23. The summed E-state index contributed by atoms with van der Waals surface area (Å²) in [5.74, 6) is 0.352. The molecule has 13 heavy (non-hydrogen) atoms. The zero-order valence-electron chi connectivity index (χ0n) is 8.23. The Kier molecular flexibility index (Phi) is 3.27. The maximum Gasteiger partial charge on any atom is 0.322 e. The Labute approximate surface area is 78.7 Å². The summed E-state index contributed by atoms with van der Waals surface area (Å²) in [6, 6.07) is -0.493. The third kappa shape index (κ3) is 2.19. The number of carboxylic acid groups (broad SMARTS) is 1. The van der Waals surface area contributed by atoms with Crippen LogP contribution in [0, 0.1) is 11.8 Å². The first-order valence-corrected chi connectivity index (χ1v) is 4.73. The molecular weight excluding hydrogens is 168 g/mol. The predicted octanol–water partition coefficient (Wildman–Crippen LogP) is -0.0139. The van der Waals surface area contributed by atoms with Crippen molar-refractivity contribution in [3.05, 3.63) is 0 Å². The van der Waals surface area contributed by atoms with Crippen LogP contribution in [0.15, 0.2) is 0 Å². The van der Waals surface area contributed by atoms with Gasteiger partial charge in [-0.15, -0.1) is 0 Å². The fourth-order valence-corrected chi connectivity index (χ4v) is 1.83. The molecule has 4 heteroatoms. The first-order valence-electron chi connectivity index (χ1n) is 4.73. The van der Waals surface area contributed by atoms with Gasteiger partial charge in [-0.05, 0) is 11.8 Å². The molecule has 0 aromatic heterocycles. The Morgan fingerprint density at radius 1 is 1.54 bits per heavy atom. The summed E-state index contributed by atoms with van der Waals surface area (Å²) in [6.45, 7) is 6.22. The summed E-state index contributed by atoms with van der Waals surface area (Å²) >= 11 is 0. The van der Waals surface area contributed by atoms with Crippen molar-refractivity contribution in [3.63, 3.8) is 0 Å². The summed E-state index contributed by atoms with van der Waals surface area (Å²) < 4.78 is 0. The second-order valence-corrected chi connectivity index (χ2v) is 4.00. The van der Waals surface area contributed by atoms with E-state index in [1.54, 1.807) is 0 Å². The molecule has 0 amide bonds. The molecule has 1 rings (SSSR count). The van der Waals surface area contributed by atoms with Gasteiger partial charge in [-0.25, -0.2) is 0 Å². The van der Waals surface area contributed by atoms with E-state index in [1.807, 2.05) is 4.90 Å². The molecule has 1 saturated heterocycles. The van der Waals surface area contributed by atoms with Gasteiger partial charge < -0.3 is 10.8 Å². The third-order valence-electron chi connectivity index (χ3n) is 2.97. The van der Waals surface area contributed by atoms with Crippen LogP contribution in [0.3, 0.4) is 0 Å². The van der Waals surface area contributed by atoms with Crippen molar-refractivity contribution >= 4 is 5.97 Å². The summed E-state index contributed by atoms with van der Waals surface area (Å²) in [6.07, 6.45) is 0. The van der Waals surface area contributed by atoms with Gasteiger partial charge in [0.15, 0.2) is 0 Å². The van der Waals surface area contributed by atoms with Crippen LogP contribution in [-0.2, 0) is 4.79 Å². The summed E-state index contributed by atoms with van der Waals surface area (Å²) in [4.78, 5) is 12.8. The quantitative estimate of drug-likeness (QED) is 0.650. The largest absolute Gasteiger partial charge is 0.480 e. The van der Waals surface area contributed by atoms with Crippen molar-refractivity contribution < 1.29 is 9.90 Å². The van der Waals surface area contributed by atoms with Crippen LogP contribution in [0.25, 0.3) is 0 Å². The van der Waals surface area contributed by atoms with E-state index in [1.165, 1.54) is 0 Å². The molecule has 4 nitrogen and oxygen atoms in total. The Hall–Kier alpha value is -0.610. The van der Waals surface area contributed by atoms with E-state index in [2.05, 4.69) is 13.8 Å². The summed E-state index contributed by atoms with van der Waals surface area (Å²) in [5.41, 5.74) is 5.42. The first-order chi connectivity index (χ1) is 6.06. The number of aliphatic carboxylic acids is 1. The lowest BCUT2D eigenvalue weighted by molar-refractivity contribution is -0.142. The highest BCUT2D eigenvalue weighted by atomic mass is 16.4. The van der Waals surface area contributed by atoms with Gasteiger partial charge in [0.25, 0.3) is 0 Å². The van der Waals surface area contributed by atoms with Crippen molar-refractivity contribution in [2.24, 2.45) is 17.6 Å². The molecule has 1 aliphatic heterocycles. The van der Waals surface area contributed by atoms with Crippen molar-refractivity contribution in [2.75, 3.05) is 19.6 Å². The standard InChI is InChI=1S/C9H18N2O2/c1-6-4-11(5-7(6)2)8(3-10)9(12)13/h6-8H,3-5,10H2,1-2H3,(H,12,13). The fourth-order valence-electron chi connectivity index (χ4n) is 1.83. The van der Waals surface area contributed by atoms with Gasteiger partial charge in [-0.2, -0.15) is 0 Å². The van der Waals surface area contributed by atoms with Crippen molar-refractivity contribution in [1.29, 1.82) is 0 Å². The van der Waals surface area contributed by atoms with E-state index < -0.39 is 12.0 Å². The predicted molar refractivity (Wildman–Crippen MR) is 50.4 cm³/mol. The fraction of sp³-hybridized carbons (Fsp3) is 0.889. The molecule has 0 spiro atoms. The molecule has 0 bridgehead atoms. The third-order valence-corrected chi connectivity index (χ3v) is 2.97. The molecule has 0 aromatic rings. The van der Waals surface area contributed by atoms with Gasteiger partial charge in [0.2, 0.25) is 0 Å². The lowest BCUT2D eigenvalue weighted by Gasteiger charge is -2.22. The molecule has 0 saturated carbocycles. The van der Waals surface area contributed by atoms with Crippen LogP contribution in [-0.4, -0.2) is 41.7 Å². The van der Waals surface area contributed by atoms with Crippen molar-refractivity contribution in [1.82, 2.24) is 4.90 Å². The number of likely N-dealkylation sites (tertiary alicyclic amines) is 1. The highest BCUT2D eigenvalue weighted by molar-refractivity contribution is 5.73. The number of nitrogens with zero attached hydrogens (tertiary/aromatic N) is 1. The minimum atomic E-state index is -0.802. The van der Waals surface area contributed by atoms with Crippen molar-refractivity contribution in [3.8, 4) is 0 Å². The Bertz CT molecular complexity index is 186. The molecule has 3 atom stereocenters. The Morgan fingerprint density at radius 3 is 2.31 bits per heavy atom. The molecule has 76 valence electrons. The Morgan fingerprint density at radius 2 is 2.00 bits per heavy atom. The Balaban J connectivity index is 2.57. The van der Waals surface area contributed by atoms with E-state index >= 15 is 0 Å². The molecule has 0 aliphatic carbocycles. The van der Waals surface area contributed by atoms with Crippen LogP contribution in [0.1, 0.15) is 13.8 Å². The molecule has 0 radical (unpaired) electrons. The van der Waals surface area contributed by atoms with E-state index in [-0.39, 0.29) is 6.54 Å². The normalized spacial score (nSPS) is 31.9. The van der Waals surface area contributed by atoms with Gasteiger partial charge >= 0.3 is 5.97 Å². The molecule has 1 heterocycles. The summed E-state index contributed by atoms with van der Waals surface area (Å²) in [7, 11) is 0. The lowest BCUT2D eigenvalue weighted by atomic mass is 10.0. The molecular formula is C9H18N2O2. The van der Waals surface area contributed by atoms with E-state index in [0.29, 0.717) is 11.8 Å². The molecule has 3 N–H and O–H groups in total. The summed E-state index contributed by atoms with van der Waals surface area (Å²) in [5, 5.41) is 8.88. The number of hydrogen-bond donors (Lipinski definition) is 2. The maximum absolute atomic E-state index is 10.8. The number of nitrogens with two attached hydrogens (primary N) is 1. The van der Waals surface area contributed by atoms with Gasteiger partial charge in [-0.1, -0.05) is 13.8 Å². The van der Waals surface area contributed by atoms with E-state index in [9.17, 15) is 4.79 Å². The smallest absolute Gasteiger partial charge is 0.322 e. The van der Waals surface area contributed by atoms with E-state index in [4.69, 9.17) is 10.8 Å². The maximum atomic E-state index is 10.8. The second kappa shape index (κ2) is 4.07. The van der Waals surface area contributed by atoms with Gasteiger partial charge in [0, 0.05) is 19.6 Å². The number of hydrogen-bond acceptors (Lipinski definition) is 3. The van der Waals surface area contributed by atoms with Crippen LogP contribution in [0.5, 0.6) is 0 Å². The minimum Gasteiger partial charge on any atom is -0.480 e. The van der Waals surface area contributed by atoms with Crippen LogP contribution < -0.4 is 5.73 Å². The zero-order chi connectivity index (χ0) is 10.0. The number of rotatable bonds is 3. The molecule has 0 aromatic carbocycles. The molecule has 1 fully saturated rings. The first kappa shape index (κ1) is 10.5. The topological polar surface area (TPSA) is 66.6 Å². The van der Waals surface area contributed by atoms with Gasteiger partial charge in [-0.3, -0.25) is 9.69 Å². The minimum absolute atomic E-state index is 0.203. The van der Waals surface area contributed by atoms with E-state index in [0.717, 1.165) is 13.1 Å². The van der Waals surface area contributed by atoms with Crippen molar-refractivity contribution in [2.45, 2.75) is 19.9 Å². The van der Waals surface area contributed by atoms with Gasteiger partial charge in [0.1, 0.15) is 6.04 Å². The average molecular weight is 186 g/mol. The average Bonchev–Trinajstić information content (AvgIpc) is 2.32. The molecule has 1 aliphatic rings.